The number of carbonyl (C=O) groups excluding carboxylic acids is 3. The van der Waals surface area contributed by atoms with Crippen molar-refractivity contribution >= 4 is 17.8 Å². The van der Waals surface area contributed by atoms with Gasteiger partial charge in [0.25, 0.3) is 0 Å². The number of methoxy groups -OCH3 is 1. The number of hydrogen-bond acceptors (Lipinski definition) is 4. The van der Waals surface area contributed by atoms with Gasteiger partial charge in [0.1, 0.15) is 12.6 Å². The van der Waals surface area contributed by atoms with Crippen molar-refractivity contribution in [2.45, 2.75) is 39.2 Å². The van der Waals surface area contributed by atoms with Crippen molar-refractivity contribution in [3.8, 4) is 0 Å². The number of carbonyl (C=O) groups is 3. The fourth-order valence-electron chi connectivity index (χ4n) is 2.25. The summed E-state index contributed by atoms with van der Waals surface area (Å²) in [6, 6.07) is 8.68. The van der Waals surface area contributed by atoms with E-state index in [0.717, 1.165) is 5.56 Å². The Bertz CT molecular complexity index is 557. The highest BCUT2D eigenvalue weighted by Gasteiger charge is 2.25. The topological polar surface area (TPSA) is 84.5 Å². The van der Waals surface area contributed by atoms with E-state index in [9.17, 15) is 14.4 Å². The van der Waals surface area contributed by atoms with Crippen LogP contribution in [0.3, 0.4) is 0 Å². The SMILES string of the molecule is COC(=O)CNC(=O)C(CC(C)C)NC(=O)[C@H](C)c1ccccc1. The average Bonchev–Trinajstić information content (AvgIpc) is 2.58. The molecule has 0 aromatic heterocycles. The van der Waals surface area contributed by atoms with Gasteiger partial charge in [-0.2, -0.15) is 0 Å². The zero-order valence-electron chi connectivity index (χ0n) is 14.7. The van der Waals surface area contributed by atoms with Gasteiger partial charge in [-0.3, -0.25) is 14.4 Å². The Hall–Kier alpha value is -2.37. The predicted octanol–water partition coefficient (Wildman–Crippen LogP) is 1.61. The molecular weight excluding hydrogens is 308 g/mol. The molecule has 2 amide bonds. The number of esters is 1. The molecule has 0 aliphatic heterocycles. The first kappa shape index (κ1) is 19.7. The number of nitrogens with one attached hydrogen (secondary N) is 2. The highest BCUT2D eigenvalue weighted by atomic mass is 16.5. The van der Waals surface area contributed by atoms with Crippen molar-refractivity contribution in [2.75, 3.05) is 13.7 Å². The molecule has 1 aromatic rings. The van der Waals surface area contributed by atoms with E-state index in [-0.39, 0.29) is 30.2 Å². The molecule has 2 atom stereocenters. The second kappa shape index (κ2) is 9.70. The Balaban J connectivity index is 2.72. The van der Waals surface area contributed by atoms with Crippen LogP contribution in [0.1, 0.15) is 38.7 Å². The molecule has 132 valence electrons. The second-order valence-corrected chi connectivity index (χ2v) is 6.12. The fraction of sp³-hybridized carbons (Fsp3) is 0.500. The molecule has 6 nitrogen and oxygen atoms in total. The van der Waals surface area contributed by atoms with Crippen LogP contribution in [0.2, 0.25) is 0 Å². The molecule has 0 saturated heterocycles. The van der Waals surface area contributed by atoms with E-state index in [2.05, 4.69) is 15.4 Å². The summed E-state index contributed by atoms with van der Waals surface area (Å²) in [5, 5.41) is 5.28. The fourth-order valence-corrected chi connectivity index (χ4v) is 2.25. The predicted molar refractivity (Wildman–Crippen MR) is 91.3 cm³/mol. The Kier molecular flexibility index (Phi) is 7.95. The van der Waals surface area contributed by atoms with E-state index in [1.165, 1.54) is 7.11 Å². The highest BCUT2D eigenvalue weighted by Crippen LogP contribution is 2.15. The van der Waals surface area contributed by atoms with Crippen LogP contribution in [-0.4, -0.2) is 37.5 Å². The monoisotopic (exact) mass is 334 g/mol. The summed E-state index contributed by atoms with van der Waals surface area (Å²) in [4.78, 5) is 35.9. The molecule has 0 saturated carbocycles. The normalized spacial score (nSPS) is 13.0. The van der Waals surface area contributed by atoms with Gasteiger partial charge in [0, 0.05) is 0 Å². The van der Waals surface area contributed by atoms with Crippen molar-refractivity contribution in [1.82, 2.24) is 10.6 Å². The number of hydrogen-bond donors (Lipinski definition) is 2. The van der Waals surface area contributed by atoms with Crippen molar-refractivity contribution in [2.24, 2.45) is 5.92 Å². The molecule has 1 aromatic carbocycles. The molecule has 0 radical (unpaired) electrons. The quantitative estimate of drug-likeness (QED) is 0.708. The molecule has 1 unspecified atom stereocenters. The lowest BCUT2D eigenvalue weighted by Gasteiger charge is -2.22. The molecule has 0 bridgehead atoms. The maximum Gasteiger partial charge on any atom is 0.325 e. The van der Waals surface area contributed by atoms with Gasteiger partial charge < -0.3 is 15.4 Å². The third-order valence-corrected chi connectivity index (χ3v) is 3.67. The third kappa shape index (κ3) is 6.40. The van der Waals surface area contributed by atoms with Gasteiger partial charge in [0.15, 0.2) is 0 Å². The summed E-state index contributed by atoms with van der Waals surface area (Å²) in [6.07, 6.45) is 0.486. The maximum atomic E-state index is 12.5. The first-order valence-electron chi connectivity index (χ1n) is 8.05. The Morgan fingerprint density at radius 2 is 1.67 bits per heavy atom. The summed E-state index contributed by atoms with van der Waals surface area (Å²) in [7, 11) is 1.25. The smallest absolute Gasteiger partial charge is 0.325 e. The minimum Gasteiger partial charge on any atom is -0.468 e. The van der Waals surface area contributed by atoms with E-state index in [1.54, 1.807) is 6.92 Å². The van der Waals surface area contributed by atoms with Crippen LogP contribution in [0.4, 0.5) is 0 Å². The number of amides is 2. The van der Waals surface area contributed by atoms with Crippen LogP contribution in [-0.2, 0) is 19.1 Å². The largest absolute Gasteiger partial charge is 0.468 e. The Morgan fingerprint density at radius 1 is 1.04 bits per heavy atom. The van der Waals surface area contributed by atoms with Crippen molar-refractivity contribution in [1.29, 1.82) is 0 Å². The minimum absolute atomic E-state index is 0.214. The maximum absolute atomic E-state index is 12.5. The first-order valence-corrected chi connectivity index (χ1v) is 8.05. The van der Waals surface area contributed by atoms with Gasteiger partial charge in [0.2, 0.25) is 11.8 Å². The van der Waals surface area contributed by atoms with E-state index in [0.29, 0.717) is 6.42 Å². The lowest BCUT2D eigenvalue weighted by Crippen LogP contribution is -2.49. The molecule has 2 N–H and O–H groups in total. The Labute approximate surface area is 143 Å². The first-order chi connectivity index (χ1) is 11.3. The van der Waals surface area contributed by atoms with Gasteiger partial charge in [-0.25, -0.2) is 0 Å². The molecule has 0 aliphatic carbocycles. The summed E-state index contributed by atoms with van der Waals surface area (Å²) < 4.78 is 4.50. The molecule has 0 aliphatic rings. The van der Waals surface area contributed by atoms with E-state index < -0.39 is 12.0 Å². The zero-order valence-corrected chi connectivity index (χ0v) is 14.7. The highest BCUT2D eigenvalue weighted by molar-refractivity contribution is 5.91. The summed E-state index contributed by atoms with van der Waals surface area (Å²) >= 11 is 0. The summed E-state index contributed by atoms with van der Waals surface area (Å²) in [5.74, 6) is -1.29. The lowest BCUT2D eigenvalue weighted by atomic mass is 9.98. The van der Waals surface area contributed by atoms with Crippen molar-refractivity contribution in [3.63, 3.8) is 0 Å². The van der Waals surface area contributed by atoms with Crippen LogP contribution in [0.25, 0.3) is 0 Å². The molecule has 0 fully saturated rings. The van der Waals surface area contributed by atoms with Gasteiger partial charge in [-0.15, -0.1) is 0 Å². The molecule has 1 rings (SSSR count). The van der Waals surface area contributed by atoms with Crippen LogP contribution in [0, 0.1) is 5.92 Å². The average molecular weight is 334 g/mol. The number of benzene rings is 1. The standard InChI is InChI=1S/C18H26N2O4/c1-12(2)10-15(18(23)19-11-16(21)24-4)20-17(22)13(3)14-8-6-5-7-9-14/h5-9,12-13,15H,10-11H2,1-4H3,(H,19,23)(H,20,22)/t13-,15?/m1/s1. The number of rotatable bonds is 8. The van der Waals surface area contributed by atoms with Gasteiger partial charge in [0.05, 0.1) is 13.0 Å². The van der Waals surface area contributed by atoms with E-state index >= 15 is 0 Å². The molecule has 0 heterocycles. The summed E-state index contributed by atoms with van der Waals surface area (Å²) in [6.45, 7) is 5.51. The van der Waals surface area contributed by atoms with Crippen LogP contribution >= 0.6 is 0 Å². The molecule has 0 spiro atoms. The van der Waals surface area contributed by atoms with Crippen LogP contribution in [0.5, 0.6) is 0 Å². The minimum atomic E-state index is -0.687. The van der Waals surface area contributed by atoms with Gasteiger partial charge >= 0.3 is 5.97 Å². The second-order valence-electron chi connectivity index (χ2n) is 6.12. The summed E-state index contributed by atoms with van der Waals surface area (Å²) in [5.41, 5.74) is 0.883. The molecular formula is C18H26N2O4. The molecule has 6 heteroatoms. The van der Waals surface area contributed by atoms with Gasteiger partial charge in [-0.05, 0) is 24.8 Å². The van der Waals surface area contributed by atoms with Crippen molar-refractivity contribution < 1.29 is 19.1 Å². The van der Waals surface area contributed by atoms with Crippen LogP contribution in [0.15, 0.2) is 30.3 Å². The number of ether oxygens (including phenoxy) is 1. The van der Waals surface area contributed by atoms with Crippen molar-refractivity contribution in [3.05, 3.63) is 35.9 Å². The zero-order chi connectivity index (χ0) is 18.1. The van der Waals surface area contributed by atoms with E-state index in [4.69, 9.17) is 0 Å². The molecule has 24 heavy (non-hydrogen) atoms. The third-order valence-electron chi connectivity index (χ3n) is 3.67. The van der Waals surface area contributed by atoms with Crippen LogP contribution < -0.4 is 10.6 Å². The Morgan fingerprint density at radius 3 is 2.21 bits per heavy atom. The lowest BCUT2D eigenvalue weighted by molar-refractivity contribution is -0.141. The van der Waals surface area contributed by atoms with E-state index in [1.807, 2.05) is 44.2 Å². The van der Waals surface area contributed by atoms with Gasteiger partial charge in [-0.1, -0.05) is 44.2 Å².